The highest BCUT2D eigenvalue weighted by Crippen LogP contribution is 2.50. The van der Waals surface area contributed by atoms with Crippen LogP contribution < -0.4 is 0 Å². The molecule has 0 fully saturated rings. The summed E-state index contributed by atoms with van der Waals surface area (Å²) in [4.78, 5) is 14.4. The predicted octanol–water partition coefficient (Wildman–Crippen LogP) is 12.8. The molecule has 0 bridgehead atoms. The summed E-state index contributed by atoms with van der Waals surface area (Å²) in [5.74, 6) is 0.706. The first-order chi connectivity index (χ1) is 26.0. The van der Waals surface area contributed by atoms with Gasteiger partial charge in [0.05, 0.1) is 11.4 Å². The van der Waals surface area contributed by atoms with Crippen molar-refractivity contribution in [2.24, 2.45) is 0 Å². The molecule has 0 unspecified atom stereocenters. The lowest BCUT2D eigenvalue weighted by atomic mass is 9.81. The van der Waals surface area contributed by atoms with Gasteiger partial charge in [-0.15, -0.1) is 0 Å². The average Bonchev–Trinajstić information content (AvgIpc) is 3.45. The SMILES string of the molecule is CC1(C)c2ccccc2-c2cc3ccc4c(-c5ccc(-c6cc(-c7ccc(-c8cccnc8)cc7)nc(-c7ccccc7)n6)cc5)cccc4c3cc21. The van der Waals surface area contributed by atoms with E-state index < -0.39 is 0 Å². The van der Waals surface area contributed by atoms with Gasteiger partial charge in [-0.05, 0) is 90.3 Å². The van der Waals surface area contributed by atoms with Crippen LogP contribution in [0.3, 0.4) is 0 Å². The number of pyridine rings is 1. The molecule has 0 saturated heterocycles. The Labute approximate surface area is 309 Å². The second-order valence-corrected chi connectivity index (χ2v) is 14.5. The van der Waals surface area contributed by atoms with Gasteiger partial charge in [-0.1, -0.05) is 153 Å². The number of fused-ring (bicyclic) bond motifs is 6. The lowest BCUT2D eigenvalue weighted by Crippen LogP contribution is -2.14. The standard InChI is InChI=1S/C50H35N3/c1-50(2)45-16-7-6-13-42(45)44-28-37-25-26-41-39(14-8-15-40(41)43(37)29-46(44)50)33-19-23-35(24-20-33)48-30-47(52-49(53-48)36-10-4-3-5-11-36)34-21-17-32(18-22-34)38-12-9-27-51-31-38/h3-31H,1-2H3. The zero-order valence-corrected chi connectivity index (χ0v) is 29.6. The molecule has 0 atom stereocenters. The van der Waals surface area contributed by atoms with Crippen molar-refractivity contribution in [1.29, 1.82) is 0 Å². The van der Waals surface area contributed by atoms with Crippen LogP contribution in [0.25, 0.3) is 88.8 Å². The molecule has 1 aliphatic carbocycles. The van der Waals surface area contributed by atoms with Gasteiger partial charge in [0.15, 0.2) is 5.82 Å². The normalized spacial score (nSPS) is 12.9. The third-order valence-electron chi connectivity index (χ3n) is 11.0. The van der Waals surface area contributed by atoms with Crippen LogP contribution >= 0.6 is 0 Å². The Morgan fingerprint density at radius 1 is 0.396 bits per heavy atom. The summed E-state index contributed by atoms with van der Waals surface area (Å²) in [6, 6.07) is 58.7. The molecule has 0 aliphatic heterocycles. The van der Waals surface area contributed by atoms with Crippen LogP contribution in [-0.2, 0) is 5.41 Å². The van der Waals surface area contributed by atoms with Gasteiger partial charge in [-0.25, -0.2) is 9.97 Å². The Balaban J connectivity index is 1.04. The number of aromatic nitrogens is 3. The molecule has 0 amide bonds. The molecule has 0 N–H and O–H groups in total. The first-order valence-electron chi connectivity index (χ1n) is 18.2. The van der Waals surface area contributed by atoms with Crippen molar-refractivity contribution in [3.63, 3.8) is 0 Å². The van der Waals surface area contributed by atoms with Crippen LogP contribution in [0.4, 0.5) is 0 Å². The number of hydrogen-bond donors (Lipinski definition) is 0. The maximum atomic E-state index is 5.09. The number of benzene rings is 7. The van der Waals surface area contributed by atoms with Crippen molar-refractivity contribution in [3.05, 3.63) is 187 Å². The van der Waals surface area contributed by atoms with E-state index in [4.69, 9.17) is 9.97 Å². The van der Waals surface area contributed by atoms with E-state index in [0.717, 1.165) is 39.2 Å². The predicted molar refractivity (Wildman–Crippen MR) is 220 cm³/mol. The maximum absolute atomic E-state index is 5.09. The van der Waals surface area contributed by atoms with E-state index in [9.17, 15) is 0 Å². The molecule has 2 heterocycles. The largest absolute Gasteiger partial charge is 0.264 e. The molecule has 10 rings (SSSR count). The molecule has 0 saturated carbocycles. The van der Waals surface area contributed by atoms with Crippen LogP contribution in [0, 0.1) is 0 Å². The monoisotopic (exact) mass is 677 g/mol. The van der Waals surface area contributed by atoms with Gasteiger partial charge in [0.25, 0.3) is 0 Å². The molecule has 0 spiro atoms. The highest BCUT2D eigenvalue weighted by molar-refractivity contribution is 6.13. The highest BCUT2D eigenvalue weighted by atomic mass is 14.9. The Bertz CT molecular complexity index is 2820. The van der Waals surface area contributed by atoms with E-state index >= 15 is 0 Å². The second-order valence-electron chi connectivity index (χ2n) is 14.5. The fourth-order valence-corrected chi connectivity index (χ4v) is 8.19. The van der Waals surface area contributed by atoms with Gasteiger partial charge in [0, 0.05) is 34.5 Å². The van der Waals surface area contributed by atoms with E-state index in [0.29, 0.717) is 5.82 Å². The molecule has 3 nitrogen and oxygen atoms in total. The molecule has 0 radical (unpaired) electrons. The summed E-state index contributed by atoms with van der Waals surface area (Å²) >= 11 is 0. The number of nitrogens with zero attached hydrogens (tertiary/aromatic N) is 3. The minimum atomic E-state index is -0.0414. The number of hydrogen-bond acceptors (Lipinski definition) is 3. The van der Waals surface area contributed by atoms with Crippen molar-refractivity contribution in [3.8, 4) is 67.3 Å². The average molecular weight is 678 g/mol. The number of rotatable bonds is 5. The van der Waals surface area contributed by atoms with E-state index in [1.807, 2.05) is 30.5 Å². The van der Waals surface area contributed by atoms with Crippen molar-refractivity contribution in [2.45, 2.75) is 19.3 Å². The van der Waals surface area contributed by atoms with Gasteiger partial charge < -0.3 is 0 Å². The Kier molecular flexibility index (Phi) is 7.16. The highest BCUT2D eigenvalue weighted by Gasteiger charge is 2.35. The lowest BCUT2D eigenvalue weighted by molar-refractivity contribution is 0.661. The van der Waals surface area contributed by atoms with Crippen LogP contribution in [0.1, 0.15) is 25.0 Å². The Hall–Kier alpha value is -6.71. The molecule has 3 heteroatoms. The van der Waals surface area contributed by atoms with Gasteiger partial charge in [0.2, 0.25) is 0 Å². The van der Waals surface area contributed by atoms with Crippen molar-refractivity contribution in [1.82, 2.24) is 15.0 Å². The summed E-state index contributed by atoms with van der Waals surface area (Å²) in [6.45, 7) is 4.70. The molecule has 7 aromatic carbocycles. The van der Waals surface area contributed by atoms with Crippen LogP contribution in [0.5, 0.6) is 0 Å². The zero-order valence-electron chi connectivity index (χ0n) is 29.6. The van der Waals surface area contributed by atoms with E-state index in [1.54, 1.807) is 6.20 Å². The van der Waals surface area contributed by atoms with Crippen LogP contribution in [0.2, 0.25) is 0 Å². The zero-order chi connectivity index (χ0) is 35.5. The summed E-state index contributed by atoms with van der Waals surface area (Å²) in [5.41, 5.74) is 14.9. The minimum Gasteiger partial charge on any atom is -0.264 e. The Morgan fingerprint density at radius 2 is 1.06 bits per heavy atom. The summed E-state index contributed by atoms with van der Waals surface area (Å²) < 4.78 is 0. The topological polar surface area (TPSA) is 38.7 Å². The molecule has 1 aliphatic rings. The van der Waals surface area contributed by atoms with Crippen LogP contribution in [-0.4, -0.2) is 15.0 Å². The molecule has 9 aromatic rings. The fourth-order valence-electron chi connectivity index (χ4n) is 8.19. The van der Waals surface area contributed by atoms with E-state index in [2.05, 4.69) is 158 Å². The van der Waals surface area contributed by atoms with Crippen molar-refractivity contribution in [2.75, 3.05) is 0 Å². The first-order valence-corrected chi connectivity index (χ1v) is 18.2. The summed E-state index contributed by atoms with van der Waals surface area (Å²) in [7, 11) is 0. The van der Waals surface area contributed by atoms with Crippen LogP contribution in [0.15, 0.2) is 176 Å². The fraction of sp³-hybridized carbons (Fsp3) is 0.0600. The van der Waals surface area contributed by atoms with Gasteiger partial charge >= 0.3 is 0 Å². The second kappa shape index (κ2) is 12.2. The summed E-state index contributed by atoms with van der Waals surface area (Å²) in [6.07, 6.45) is 3.69. The van der Waals surface area contributed by atoms with Crippen molar-refractivity contribution >= 4 is 21.5 Å². The van der Waals surface area contributed by atoms with Gasteiger partial charge in [-0.3, -0.25) is 4.98 Å². The Morgan fingerprint density at radius 3 is 1.79 bits per heavy atom. The molecular formula is C50H35N3. The van der Waals surface area contributed by atoms with Crippen molar-refractivity contribution < 1.29 is 0 Å². The van der Waals surface area contributed by atoms with E-state index in [1.165, 1.54) is 54.9 Å². The quantitative estimate of drug-likeness (QED) is 0.170. The first kappa shape index (κ1) is 31.1. The third-order valence-corrected chi connectivity index (χ3v) is 11.0. The van der Waals surface area contributed by atoms with Gasteiger partial charge in [-0.2, -0.15) is 0 Å². The van der Waals surface area contributed by atoms with Gasteiger partial charge in [0.1, 0.15) is 0 Å². The molecule has 250 valence electrons. The molecule has 2 aromatic heterocycles. The molecular weight excluding hydrogens is 643 g/mol. The summed E-state index contributed by atoms with van der Waals surface area (Å²) in [5, 5.41) is 5.11. The van der Waals surface area contributed by atoms with E-state index in [-0.39, 0.29) is 5.41 Å². The minimum absolute atomic E-state index is 0.0414. The molecule has 53 heavy (non-hydrogen) atoms. The smallest absolute Gasteiger partial charge is 0.160 e. The maximum Gasteiger partial charge on any atom is 0.160 e. The lowest BCUT2D eigenvalue weighted by Gasteiger charge is -2.22. The third kappa shape index (κ3) is 5.24.